The minimum absolute atomic E-state index is 0.244. The predicted octanol–water partition coefficient (Wildman–Crippen LogP) is 3.94. The van der Waals surface area contributed by atoms with Gasteiger partial charge in [-0.05, 0) is 42.8 Å². The van der Waals surface area contributed by atoms with Gasteiger partial charge in [0.1, 0.15) is 17.8 Å². The lowest BCUT2D eigenvalue weighted by molar-refractivity contribution is -0.122. The van der Waals surface area contributed by atoms with Crippen molar-refractivity contribution in [2.24, 2.45) is 0 Å². The number of carbonyl (C=O) groups excluding carboxylic acids is 1. The fourth-order valence-corrected chi connectivity index (χ4v) is 2.82. The molecule has 0 saturated carbocycles. The fourth-order valence-electron chi connectivity index (χ4n) is 2.35. The lowest BCUT2D eigenvalue weighted by Crippen LogP contribution is -2.34. The second-order valence-corrected chi connectivity index (χ2v) is 6.86. The summed E-state index contributed by atoms with van der Waals surface area (Å²) in [6, 6.07) is 12.5. The van der Waals surface area contributed by atoms with Gasteiger partial charge in [-0.2, -0.15) is 0 Å². The van der Waals surface area contributed by atoms with E-state index in [0.29, 0.717) is 21.6 Å². The minimum atomic E-state index is -0.456. The molecule has 0 aliphatic carbocycles. The minimum Gasteiger partial charge on any atom is -0.482 e. The summed E-state index contributed by atoms with van der Waals surface area (Å²) >= 11 is 11.8. The van der Waals surface area contributed by atoms with Crippen molar-refractivity contribution in [2.75, 3.05) is 23.1 Å². The topological polar surface area (TPSA) is 114 Å². The summed E-state index contributed by atoms with van der Waals surface area (Å²) in [5.74, 6) is 0.541. The molecular formula is C19H18Cl2N6O2. The van der Waals surface area contributed by atoms with E-state index in [9.17, 15) is 4.79 Å². The van der Waals surface area contributed by atoms with Crippen molar-refractivity contribution in [2.45, 2.75) is 6.92 Å². The summed E-state index contributed by atoms with van der Waals surface area (Å²) in [7, 11) is 0. The van der Waals surface area contributed by atoms with Crippen LogP contribution in [0.1, 0.15) is 5.56 Å². The monoisotopic (exact) mass is 432 g/mol. The van der Waals surface area contributed by atoms with Crippen molar-refractivity contribution in [3.63, 3.8) is 0 Å². The van der Waals surface area contributed by atoms with Crippen molar-refractivity contribution in [3.05, 3.63) is 64.4 Å². The van der Waals surface area contributed by atoms with Crippen molar-refractivity contribution in [1.82, 2.24) is 15.4 Å². The molecule has 10 heteroatoms. The predicted molar refractivity (Wildman–Crippen MR) is 115 cm³/mol. The zero-order valence-corrected chi connectivity index (χ0v) is 16.9. The number of nitrogens with one attached hydrogen (secondary N) is 3. The number of amides is 1. The largest absolute Gasteiger partial charge is 0.482 e. The molecular weight excluding hydrogens is 415 g/mol. The molecule has 150 valence electrons. The second-order valence-electron chi connectivity index (χ2n) is 6.02. The maximum absolute atomic E-state index is 12.0. The van der Waals surface area contributed by atoms with Gasteiger partial charge in [0, 0.05) is 10.7 Å². The quantitative estimate of drug-likeness (QED) is 0.418. The van der Waals surface area contributed by atoms with E-state index in [0.717, 1.165) is 11.3 Å². The number of nitrogens with zero attached hydrogens (tertiary/aromatic N) is 2. The Balaban J connectivity index is 1.58. The van der Waals surface area contributed by atoms with E-state index >= 15 is 0 Å². The van der Waals surface area contributed by atoms with Gasteiger partial charge >= 0.3 is 0 Å². The van der Waals surface area contributed by atoms with Crippen molar-refractivity contribution >= 4 is 52.1 Å². The SMILES string of the molecule is Cc1cccc(Nc2ncnc(NNC(=O)COc3ccc(Cl)cc3Cl)c2N)c1. The standard InChI is InChI=1S/C19H18Cl2N6O2/c1-11-3-2-4-13(7-11)25-18-17(22)19(24-10-23-18)27-26-16(28)9-29-15-6-5-12(20)8-14(15)21/h2-8,10H,9,22H2,1H3,(H,26,28)(H2,23,24,25,27). The third-order valence-corrected chi connectivity index (χ3v) is 4.27. The van der Waals surface area contributed by atoms with Gasteiger partial charge in [0.05, 0.1) is 5.02 Å². The van der Waals surface area contributed by atoms with Crippen LogP contribution >= 0.6 is 23.2 Å². The molecule has 0 unspecified atom stereocenters. The van der Waals surface area contributed by atoms with Gasteiger partial charge in [0.15, 0.2) is 18.2 Å². The zero-order chi connectivity index (χ0) is 20.8. The lowest BCUT2D eigenvalue weighted by atomic mass is 10.2. The van der Waals surface area contributed by atoms with Gasteiger partial charge in [0.25, 0.3) is 5.91 Å². The van der Waals surface area contributed by atoms with Gasteiger partial charge in [-0.3, -0.25) is 15.6 Å². The normalized spacial score (nSPS) is 10.3. The molecule has 0 bridgehead atoms. The van der Waals surface area contributed by atoms with Crippen LogP contribution < -0.4 is 26.6 Å². The molecule has 1 aromatic heterocycles. The first kappa shape index (κ1) is 20.5. The second kappa shape index (κ2) is 9.31. The van der Waals surface area contributed by atoms with Gasteiger partial charge in [-0.15, -0.1) is 0 Å². The van der Waals surface area contributed by atoms with Crippen molar-refractivity contribution < 1.29 is 9.53 Å². The van der Waals surface area contributed by atoms with Crippen LogP contribution in [0.3, 0.4) is 0 Å². The third kappa shape index (κ3) is 5.63. The van der Waals surface area contributed by atoms with Crippen LogP contribution in [0.25, 0.3) is 0 Å². The van der Waals surface area contributed by atoms with Gasteiger partial charge in [-0.25, -0.2) is 9.97 Å². The Kier molecular flexibility index (Phi) is 6.58. The van der Waals surface area contributed by atoms with E-state index in [4.69, 9.17) is 33.7 Å². The van der Waals surface area contributed by atoms with E-state index < -0.39 is 5.91 Å². The average Bonchev–Trinajstić information content (AvgIpc) is 2.68. The number of hydrogen-bond donors (Lipinski definition) is 4. The van der Waals surface area contributed by atoms with E-state index in [1.165, 1.54) is 12.4 Å². The molecule has 1 heterocycles. The Hall–Kier alpha value is -3.23. The Morgan fingerprint density at radius 1 is 1.14 bits per heavy atom. The van der Waals surface area contributed by atoms with Crippen LogP contribution in [0.5, 0.6) is 5.75 Å². The first-order valence-corrected chi connectivity index (χ1v) is 9.25. The number of hydrogen-bond acceptors (Lipinski definition) is 7. The number of benzene rings is 2. The third-order valence-electron chi connectivity index (χ3n) is 3.74. The molecule has 8 nitrogen and oxygen atoms in total. The van der Waals surface area contributed by atoms with Crippen LogP contribution in [0.15, 0.2) is 48.8 Å². The first-order chi connectivity index (χ1) is 13.9. The van der Waals surface area contributed by atoms with Crippen LogP contribution in [0.2, 0.25) is 10.0 Å². The van der Waals surface area contributed by atoms with Crippen molar-refractivity contribution in [1.29, 1.82) is 0 Å². The molecule has 0 fully saturated rings. The number of aromatic nitrogens is 2. The van der Waals surface area contributed by atoms with E-state index in [-0.39, 0.29) is 18.1 Å². The smallest absolute Gasteiger partial charge is 0.276 e. The lowest BCUT2D eigenvalue weighted by Gasteiger charge is -2.14. The van der Waals surface area contributed by atoms with E-state index in [1.54, 1.807) is 12.1 Å². The summed E-state index contributed by atoms with van der Waals surface area (Å²) in [6.45, 7) is 1.71. The highest BCUT2D eigenvalue weighted by molar-refractivity contribution is 6.35. The van der Waals surface area contributed by atoms with Crippen LogP contribution in [-0.2, 0) is 4.79 Å². The Morgan fingerprint density at radius 2 is 1.93 bits per heavy atom. The van der Waals surface area contributed by atoms with Crippen LogP contribution in [0, 0.1) is 6.92 Å². The molecule has 0 aliphatic heterocycles. The summed E-state index contributed by atoms with van der Waals surface area (Å²) in [5, 5.41) is 3.90. The number of nitrogen functional groups attached to an aromatic ring is 1. The number of carbonyl (C=O) groups is 1. The summed E-state index contributed by atoms with van der Waals surface area (Å²) in [6.07, 6.45) is 1.33. The number of nitrogens with two attached hydrogens (primary N) is 1. The molecule has 0 aliphatic rings. The van der Waals surface area contributed by atoms with E-state index in [1.807, 2.05) is 31.2 Å². The molecule has 0 saturated heterocycles. The molecule has 0 radical (unpaired) electrons. The molecule has 29 heavy (non-hydrogen) atoms. The van der Waals surface area contributed by atoms with Crippen LogP contribution in [-0.4, -0.2) is 22.5 Å². The number of halogens is 2. The molecule has 2 aromatic carbocycles. The number of aryl methyl sites for hydroxylation is 1. The Morgan fingerprint density at radius 3 is 2.69 bits per heavy atom. The highest BCUT2D eigenvalue weighted by Crippen LogP contribution is 2.27. The van der Waals surface area contributed by atoms with Gasteiger partial charge in [-0.1, -0.05) is 35.3 Å². The van der Waals surface area contributed by atoms with Crippen LogP contribution in [0.4, 0.5) is 23.0 Å². The zero-order valence-electron chi connectivity index (χ0n) is 15.4. The van der Waals surface area contributed by atoms with Crippen molar-refractivity contribution in [3.8, 4) is 5.75 Å². The molecule has 0 spiro atoms. The number of rotatable bonds is 7. The maximum Gasteiger partial charge on any atom is 0.276 e. The number of hydrazine groups is 1. The Labute approximate surface area is 177 Å². The van der Waals surface area contributed by atoms with Gasteiger partial charge < -0.3 is 15.8 Å². The highest BCUT2D eigenvalue weighted by atomic mass is 35.5. The molecule has 5 N–H and O–H groups in total. The average molecular weight is 433 g/mol. The number of anilines is 4. The summed E-state index contributed by atoms with van der Waals surface area (Å²) in [5.41, 5.74) is 13.4. The maximum atomic E-state index is 12.0. The summed E-state index contributed by atoms with van der Waals surface area (Å²) in [4.78, 5) is 20.2. The Bertz CT molecular complexity index is 1030. The number of ether oxygens (including phenoxy) is 1. The van der Waals surface area contributed by atoms with Gasteiger partial charge in [0.2, 0.25) is 0 Å². The molecule has 3 aromatic rings. The fraction of sp³-hybridized carbons (Fsp3) is 0.105. The van der Waals surface area contributed by atoms with E-state index in [2.05, 4.69) is 26.1 Å². The molecule has 1 amide bonds. The molecule has 0 atom stereocenters. The first-order valence-electron chi connectivity index (χ1n) is 8.49. The molecule has 3 rings (SSSR count). The summed E-state index contributed by atoms with van der Waals surface area (Å²) < 4.78 is 5.37. The highest BCUT2D eigenvalue weighted by Gasteiger charge is 2.11.